The van der Waals surface area contributed by atoms with Crippen LogP contribution in [0.25, 0.3) is 0 Å². The molecule has 20 heavy (non-hydrogen) atoms. The Balaban J connectivity index is 2.49. The van der Waals surface area contributed by atoms with Crippen LogP contribution in [0, 0.1) is 5.82 Å². The van der Waals surface area contributed by atoms with Crippen LogP contribution in [0.1, 0.15) is 19.8 Å². The summed E-state index contributed by atoms with van der Waals surface area (Å²) in [5, 5.41) is 9.26. The van der Waals surface area contributed by atoms with Crippen LogP contribution in [0.2, 0.25) is 0 Å². The highest BCUT2D eigenvalue weighted by Crippen LogP contribution is 2.35. The summed E-state index contributed by atoms with van der Waals surface area (Å²) in [5.74, 6) is -1.90. The molecular formula is C12H13BrFNO4S. The van der Waals surface area contributed by atoms with Crippen molar-refractivity contribution in [2.45, 2.75) is 30.2 Å². The predicted octanol–water partition coefficient (Wildman–Crippen LogP) is 2.22. The number of aliphatic carboxylic acids is 1. The molecule has 1 atom stereocenters. The summed E-state index contributed by atoms with van der Waals surface area (Å²) in [6, 6.07) is 3.43. The Hall–Kier alpha value is -0.990. The fraction of sp³-hybridized carbons (Fsp3) is 0.417. The van der Waals surface area contributed by atoms with Crippen LogP contribution in [0.3, 0.4) is 0 Å². The molecule has 0 aromatic heterocycles. The van der Waals surface area contributed by atoms with Crippen molar-refractivity contribution < 1.29 is 22.7 Å². The third kappa shape index (κ3) is 2.36. The van der Waals surface area contributed by atoms with Gasteiger partial charge >= 0.3 is 5.97 Å². The summed E-state index contributed by atoms with van der Waals surface area (Å²) in [6.45, 7) is 1.48. The molecule has 1 aliphatic rings. The minimum atomic E-state index is -4.04. The maximum atomic E-state index is 13.5. The van der Waals surface area contributed by atoms with Gasteiger partial charge in [0.05, 0.1) is 9.37 Å². The van der Waals surface area contributed by atoms with Crippen molar-refractivity contribution in [2.24, 2.45) is 0 Å². The maximum absolute atomic E-state index is 13.5. The summed E-state index contributed by atoms with van der Waals surface area (Å²) in [6.07, 6.45) is 0.696. The molecule has 110 valence electrons. The van der Waals surface area contributed by atoms with E-state index in [2.05, 4.69) is 15.9 Å². The number of rotatable bonds is 3. The first kappa shape index (κ1) is 15.4. The van der Waals surface area contributed by atoms with E-state index in [0.717, 1.165) is 10.4 Å². The summed E-state index contributed by atoms with van der Waals surface area (Å²) in [7, 11) is -4.04. The average molecular weight is 366 g/mol. The van der Waals surface area contributed by atoms with Gasteiger partial charge in [-0.3, -0.25) is 4.79 Å². The fourth-order valence-corrected chi connectivity index (χ4v) is 4.36. The van der Waals surface area contributed by atoms with Gasteiger partial charge in [-0.05, 0) is 53.9 Å². The molecule has 0 aliphatic carbocycles. The number of nitrogens with zero attached hydrogens (tertiary/aromatic N) is 1. The largest absolute Gasteiger partial charge is 0.480 e. The van der Waals surface area contributed by atoms with Gasteiger partial charge in [-0.1, -0.05) is 0 Å². The molecule has 0 amide bonds. The highest BCUT2D eigenvalue weighted by molar-refractivity contribution is 9.10. The van der Waals surface area contributed by atoms with Crippen LogP contribution < -0.4 is 0 Å². The highest BCUT2D eigenvalue weighted by atomic mass is 79.9. The Bertz CT molecular complexity index is 663. The molecule has 1 heterocycles. The van der Waals surface area contributed by atoms with Crippen molar-refractivity contribution in [3.8, 4) is 0 Å². The lowest BCUT2D eigenvalue weighted by atomic mass is 10.0. The van der Waals surface area contributed by atoms with Crippen LogP contribution in [0.15, 0.2) is 27.6 Å². The smallest absolute Gasteiger partial charge is 0.324 e. The van der Waals surface area contributed by atoms with E-state index in [0.29, 0.717) is 6.42 Å². The van der Waals surface area contributed by atoms with Gasteiger partial charge in [0.1, 0.15) is 11.4 Å². The number of halogens is 2. The van der Waals surface area contributed by atoms with E-state index >= 15 is 0 Å². The first-order chi connectivity index (χ1) is 9.19. The third-order valence-corrected chi connectivity index (χ3v) is 6.17. The molecule has 1 aromatic carbocycles. The van der Waals surface area contributed by atoms with E-state index in [9.17, 15) is 22.7 Å². The monoisotopic (exact) mass is 365 g/mol. The van der Waals surface area contributed by atoms with E-state index in [1.807, 2.05) is 0 Å². The minimum absolute atomic E-state index is 0.114. The van der Waals surface area contributed by atoms with E-state index < -0.39 is 27.3 Å². The number of carboxylic acid groups (broad SMARTS) is 1. The van der Waals surface area contributed by atoms with Gasteiger partial charge in [0.15, 0.2) is 0 Å². The van der Waals surface area contributed by atoms with Crippen LogP contribution in [-0.2, 0) is 14.8 Å². The first-order valence-corrected chi connectivity index (χ1v) is 8.14. The molecule has 1 unspecified atom stereocenters. The second-order valence-corrected chi connectivity index (χ2v) is 7.55. The zero-order valence-electron chi connectivity index (χ0n) is 10.6. The number of carboxylic acids is 1. The second kappa shape index (κ2) is 5.09. The van der Waals surface area contributed by atoms with Crippen molar-refractivity contribution in [3.63, 3.8) is 0 Å². The molecule has 0 bridgehead atoms. The average Bonchev–Trinajstić information content (AvgIpc) is 2.77. The van der Waals surface area contributed by atoms with Gasteiger partial charge in [-0.25, -0.2) is 12.8 Å². The molecule has 1 fully saturated rings. The lowest BCUT2D eigenvalue weighted by Crippen LogP contribution is -2.50. The Morgan fingerprint density at radius 2 is 2.15 bits per heavy atom. The fourth-order valence-electron chi connectivity index (χ4n) is 2.30. The molecule has 0 radical (unpaired) electrons. The van der Waals surface area contributed by atoms with Gasteiger partial charge in [-0.15, -0.1) is 0 Å². The Labute approximate surface area is 124 Å². The third-order valence-electron chi connectivity index (χ3n) is 3.52. The lowest BCUT2D eigenvalue weighted by molar-refractivity contribution is -0.146. The van der Waals surface area contributed by atoms with E-state index in [-0.39, 0.29) is 22.3 Å². The van der Waals surface area contributed by atoms with Gasteiger partial charge in [0.25, 0.3) is 0 Å². The molecule has 1 saturated heterocycles. The molecule has 1 N–H and O–H groups in total. The van der Waals surface area contributed by atoms with Crippen molar-refractivity contribution in [2.75, 3.05) is 6.54 Å². The zero-order valence-corrected chi connectivity index (χ0v) is 13.0. The zero-order chi connectivity index (χ0) is 15.1. The minimum Gasteiger partial charge on any atom is -0.480 e. The van der Waals surface area contributed by atoms with Gasteiger partial charge in [-0.2, -0.15) is 4.31 Å². The van der Waals surface area contributed by atoms with Gasteiger partial charge in [0.2, 0.25) is 10.0 Å². The molecule has 1 aromatic rings. The molecule has 8 heteroatoms. The Morgan fingerprint density at radius 1 is 1.50 bits per heavy atom. The van der Waals surface area contributed by atoms with Crippen LogP contribution in [0.4, 0.5) is 4.39 Å². The van der Waals surface area contributed by atoms with Crippen LogP contribution in [-0.4, -0.2) is 35.9 Å². The van der Waals surface area contributed by atoms with Crippen LogP contribution >= 0.6 is 15.9 Å². The number of hydrogen-bond acceptors (Lipinski definition) is 3. The second-order valence-electron chi connectivity index (χ2n) is 4.84. The number of sulfonamides is 1. The van der Waals surface area contributed by atoms with E-state index in [1.165, 1.54) is 19.1 Å². The van der Waals surface area contributed by atoms with E-state index in [1.54, 1.807) is 0 Å². The number of hydrogen-bond donors (Lipinski definition) is 1. The SMILES string of the molecule is CC1(C(=O)O)CCCN1S(=O)(=O)c1ccc(Br)c(F)c1. The van der Waals surface area contributed by atoms with Crippen molar-refractivity contribution in [1.29, 1.82) is 0 Å². The number of carbonyl (C=O) groups is 1. The predicted molar refractivity (Wildman–Crippen MR) is 73.3 cm³/mol. The molecule has 0 spiro atoms. The molecular weight excluding hydrogens is 353 g/mol. The Kier molecular flexibility index (Phi) is 3.92. The van der Waals surface area contributed by atoms with Gasteiger partial charge < -0.3 is 5.11 Å². The summed E-state index contributed by atoms with van der Waals surface area (Å²) >= 11 is 2.95. The van der Waals surface area contributed by atoms with Crippen molar-refractivity contribution in [1.82, 2.24) is 4.31 Å². The van der Waals surface area contributed by atoms with Crippen molar-refractivity contribution in [3.05, 3.63) is 28.5 Å². The standard InChI is InChI=1S/C12H13BrFNO4S/c1-12(11(16)17)5-2-6-15(12)20(18,19)8-3-4-9(13)10(14)7-8/h3-4,7H,2,5-6H2,1H3,(H,16,17). The maximum Gasteiger partial charge on any atom is 0.324 e. The molecule has 5 nitrogen and oxygen atoms in total. The van der Waals surface area contributed by atoms with E-state index in [4.69, 9.17) is 0 Å². The van der Waals surface area contributed by atoms with Crippen LogP contribution in [0.5, 0.6) is 0 Å². The first-order valence-electron chi connectivity index (χ1n) is 5.91. The highest BCUT2D eigenvalue weighted by Gasteiger charge is 2.49. The summed E-state index contributed by atoms with van der Waals surface area (Å²) in [5.41, 5.74) is -1.48. The van der Waals surface area contributed by atoms with Crippen molar-refractivity contribution >= 4 is 31.9 Å². The normalized spacial score (nSPS) is 23.9. The molecule has 2 rings (SSSR count). The summed E-state index contributed by atoms with van der Waals surface area (Å²) in [4.78, 5) is 11.1. The number of benzene rings is 1. The molecule has 1 aliphatic heterocycles. The Morgan fingerprint density at radius 3 is 2.70 bits per heavy atom. The summed E-state index contributed by atoms with van der Waals surface area (Å²) < 4.78 is 39.6. The quantitative estimate of drug-likeness (QED) is 0.890. The molecule has 0 saturated carbocycles. The topological polar surface area (TPSA) is 74.7 Å². The lowest BCUT2D eigenvalue weighted by Gasteiger charge is -2.30. The van der Waals surface area contributed by atoms with Gasteiger partial charge in [0, 0.05) is 6.54 Å².